The molecule has 3 aromatic rings. The van der Waals surface area contributed by atoms with Gasteiger partial charge in [0.05, 0.1) is 33.4 Å². The first-order chi connectivity index (χ1) is 9.61. The molecule has 0 saturated heterocycles. The van der Waals surface area contributed by atoms with E-state index in [1.54, 1.807) is 22.8 Å². The van der Waals surface area contributed by atoms with Crippen molar-refractivity contribution in [1.29, 1.82) is 5.26 Å². The van der Waals surface area contributed by atoms with Crippen molar-refractivity contribution in [2.75, 3.05) is 5.73 Å². The van der Waals surface area contributed by atoms with Gasteiger partial charge in [-0.05, 0) is 36.8 Å². The summed E-state index contributed by atoms with van der Waals surface area (Å²) in [5.74, 6) is 0.353. The minimum absolute atomic E-state index is 0.353. The molecule has 0 aliphatic carbocycles. The highest BCUT2D eigenvalue weighted by Gasteiger charge is 2.14. The third-order valence-corrected chi connectivity index (χ3v) is 3.53. The van der Waals surface area contributed by atoms with Crippen molar-refractivity contribution < 1.29 is 0 Å². The zero-order valence-corrected chi connectivity index (χ0v) is 11.5. The van der Waals surface area contributed by atoms with Gasteiger partial charge in [-0.2, -0.15) is 5.26 Å². The lowest BCUT2D eigenvalue weighted by Gasteiger charge is -2.12. The number of para-hydroxylation sites is 1. The van der Waals surface area contributed by atoms with E-state index >= 15 is 0 Å². The second kappa shape index (κ2) is 4.55. The predicted octanol–water partition coefficient (Wildman–Crippen LogP) is 3.44. The van der Waals surface area contributed by atoms with Gasteiger partial charge in [-0.3, -0.25) is 4.57 Å². The quantitative estimate of drug-likeness (QED) is 0.743. The zero-order chi connectivity index (χ0) is 14.3. The highest BCUT2D eigenvalue weighted by Crippen LogP contribution is 2.30. The van der Waals surface area contributed by atoms with Crippen molar-refractivity contribution in [3.05, 3.63) is 52.5 Å². The molecule has 20 heavy (non-hydrogen) atoms. The molecular weight excluding hydrogens is 272 g/mol. The Morgan fingerprint density at radius 3 is 2.80 bits per heavy atom. The van der Waals surface area contributed by atoms with Gasteiger partial charge in [0.25, 0.3) is 0 Å². The lowest BCUT2D eigenvalue weighted by atomic mass is 10.1. The van der Waals surface area contributed by atoms with Crippen LogP contribution in [-0.2, 0) is 0 Å². The summed E-state index contributed by atoms with van der Waals surface area (Å²) >= 11 is 6.30. The second-order valence-electron chi connectivity index (χ2n) is 4.53. The number of fused-ring (bicyclic) bond motifs is 1. The first-order valence-corrected chi connectivity index (χ1v) is 6.43. The molecule has 2 aromatic carbocycles. The Morgan fingerprint density at radius 1 is 1.30 bits per heavy atom. The van der Waals surface area contributed by atoms with Crippen LogP contribution < -0.4 is 5.73 Å². The fourth-order valence-corrected chi connectivity index (χ4v) is 2.61. The lowest BCUT2D eigenvalue weighted by molar-refractivity contribution is 1.09. The van der Waals surface area contributed by atoms with Crippen LogP contribution in [0.1, 0.15) is 11.1 Å². The maximum Gasteiger partial charge on any atom is 0.205 e. The van der Waals surface area contributed by atoms with E-state index in [0.29, 0.717) is 16.5 Å². The van der Waals surface area contributed by atoms with Crippen LogP contribution in [0.5, 0.6) is 0 Å². The largest absolute Gasteiger partial charge is 0.369 e. The molecule has 0 aliphatic rings. The maximum absolute atomic E-state index is 9.04. The number of imidazole rings is 1. The first-order valence-electron chi connectivity index (χ1n) is 6.05. The van der Waals surface area contributed by atoms with E-state index in [4.69, 9.17) is 22.6 Å². The van der Waals surface area contributed by atoms with Crippen LogP contribution in [0.25, 0.3) is 16.7 Å². The SMILES string of the molecule is Cc1cccc(Cl)c1-n1c(N)nc2ccc(C#N)cc21. The Labute approximate surface area is 121 Å². The Kier molecular flexibility index (Phi) is 2.85. The topological polar surface area (TPSA) is 67.6 Å². The second-order valence-corrected chi connectivity index (χ2v) is 4.93. The minimum Gasteiger partial charge on any atom is -0.369 e. The fraction of sp³-hybridized carbons (Fsp3) is 0.0667. The van der Waals surface area contributed by atoms with Crippen molar-refractivity contribution >= 4 is 28.6 Å². The van der Waals surface area contributed by atoms with E-state index in [1.165, 1.54) is 0 Å². The minimum atomic E-state index is 0.353. The number of halogens is 1. The van der Waals surface area contributed by atoms with Crippen molar-refractivity contribution in [2.24, 2.45) is 0 Å². The van der Waals surface area contributed by atoms with Crippen LogP contribution in [0.3, 0.4) is 0 Å². The summed E-state index contributed by atoms with van der Waals surface area (Å²) in [5.41, 5.74) is 9.88. The summed E-state index contributed by atoms with van der Waals surface area (Å²) in [6.45, 7) is 1.96. The third-order valence-electron chi connectivity index (χ3n) is 3.22. The van der Waals surface area contributed by atoms with Gasteiger partial charge in [0.1, 0.15) is 0 Å². The summed E-state index contributed by atoms with van der Waals surface area (Å²) in [4.78, 5) is 4.32. The van der Waals surface area contributed by atoms with Gasteiger partial charge >= 0.3 is 0 Å². The predicted molar refractivity (Wildman–Crippen MR) is 79.9 cm³/mol. The van der Waals surface area contributed by atoms with Crippen LogP contribution in [0.4, 0.5) is 5.95 Å². The van der Waals surface area contributed by atoms with Crippen molar-refractivity contribution in [1.82, 2.24) is 9.55 Å². The number of anilines is 1. The normalized spacial score (nSPS) is 10.7. The van der Waals surface area contributed by atoms with Crippen molar-refractivity contribution in [3.8, 4) is 11.8 Å². The van der Waals surface area contributed by atoms with Gasteiger partial charge in [-0.15, -0.1) is 0 Å². The summed E-state index contributed by atoms with van der Waals surface area (Å²) in [5, 5.41) is 9.63. The average molecular weight is 283 g/mol. The standard InChI is InChI=1S/C15H11ClN4/c1-9-3-2-4-11(16)14(9)20-13-7-10(8-17)5-6-12(13)19-15(20)18/h2-7H,1H3,(H2,18,19). The molecule has 1 aromatic heterocycles. The number of hydrogen-bond donors (Lipinski definition) is 1. The van der Waals surface area contributed by atoms with E-state index < -0.39 is 0 Å². The number of rotatable bonds is 1. The Balaban J connectivity index is 2.42. The van der Waals surface area contributed by atoms with Crippen LogP contribution in [0.15, 0.2) is 36.4 Å². The van der Waals surface area contributed by atoms with Gasteiger partial charge < -0.3 is 5.73 Å². The van der Waals surface area contributed by atoms with Crippen LogP contribution in [-0.4, -0.2) is 9.55 Å². The van der Waals surface area contributed by atoms with Crippen LogP contribution >= 0.6 is 11.6 Å². The van der Waals surface area contributed by atoms with Gasteiger partial charge in [-0.25, -0.2) is 4.98 Å². The number of benzene rings is 2. The monoisotopic (exact) mass is 282 g/mol. The number of hydrogen-bond acceptors (Lipinski definition) is 3. The number of nitriles is 1. The van der Waals surface area contributed by atoms with Crippen LogP contribution in [0.2, 0.25) is 5.02 Å². The van der Waals surface area contributed by atoms with E-state index in [1.807, 2.05) is 25.1 Å². The summed E-state index contributed by atoms with van der Waals surface area (Å²) in [7, 11) is 0. The number of nitrogens with zero attached hydrogens (tertiary/aromatic N) is 3. The molecule has 0 bridgehead atoms. The molecule has 1 heterocycles. The fourth-order valence-electron chi connectivity index (χ4n) is 2.30. The molecule has 3 rings (SSSR count). The molecule has 0 atom stereocenters. The van der Waals surface area contributed by atoms with Gasteiger partial charge in [0, 0.05) is 0 Å². The van der Waals surface area contributed by atoms with E-state index in [2.05, 4.69) is 11.1 Å². The highest BCUT2D eigenvalue weighted by molar-refractivity contribution is 6.32. The molecule has 2 N–H and O–H groups in total. The molecule has 98 valence electrons. The summed E-state index contributed by atoms with van der Waals surface area (Å²) in [6, 6.07) is 13.0. The number of nitrogens with two attached hydrogens (primary N) is 1. The molecular formula is C15H11ClN4. The van der Waals surface area contributed by atoms with Gasteiger partial charge in [-0.1, -0.05) is 23.7 Å². The molecule has 0 radical (unpaired) electrons. The molecule has 0 amide bonds. The van der Waals surface area contributed by atoms with E-state index in [-0.39, 0.29) is 0 Å². The molecule has 5 heteroatoms. The molecule has 0 unspecified atom stereocenters. The van der Waals surface area contributed by atoms with Gasteiger partial charge in [0.2, 0.25) is 5.95 Å². The molecule has 4 nitrogen and oxygen atoms in total. The summed E-state index contributed by atoms with van der Waals surface area (Å²) < 4.78 is 1.79. The van der Waals surface area contributed by atoms with E-state index in [9.17, 15) is 0 Å². The summed E-state index contributed by atoms with van der Waals surface area (Å²) in [6.07, 6.45) is 0. The van der Waals surface area contributed by atoms with Crippen molar-refractivity contribution in [3.63, 3.8) is 0 Å². The van der Waals surface area contributed by atoms with E-state index in [0.717, 1.165) is 22.3 Å². The average Bonchev–Trinajstić information content (AvgIpc) is 2.74. The number of aromatic nitrogens is 2. The molecule has 0 aliphatic heterocycles. The van der Waals surface area contributed by atoms with Gasteiger partial charge in [0.15, 0.2) is 0 Å². The molecule has 0 fully saturated rings. The smallest absolute Gasteiger partial charge is 0.205 e. The zero-order valence-electron chi connectivity index (χ0n) is 10.8. The Morgan fingerprint density at radius 2 is 2.10 bits per heavy atom. The van der Waals surface area contributed by atoms with Crippen molar-refractivity contribution in [2.45, 2.75) is 6.92 Å². The first kappa shape index (κ1) is 12.5. The van der Waals surface area contributed by atoms with Crippen LogP contribution in [0, 0.1) is 18.3 Å². The highest BCUT2D eigenvalue weighted by atomic mass is 35.5. The lowest BCUT2D eigenvalue weighted by Crippen LogP contribution is -2.03. The maximum atomic E-state index is 9.04. The molecule has 0 saturated carbocycles. The Bertz CT molecular complexity index is 838. The number of nitrogen functional groups attached to an aromatic ring is 1. The third kappa shape index (κ3) is 1.80. The Hall–Kier alpha value is -2.51. The molecule has 0 spiro atoms. The number of aryl methyl sites for hydroxylation is 1.